The molecule has 1 N–H and O–H groups in total. The second kappa shape index (κ2) is 5.29. The average Bonchev–Trinajstić information content (AvgIpc) is 2.88. The van der Waals surface area contributed by atoms with E-state index in [-0.39, 0.29) is 12.3 Å². The van der Waals surface area contributed by atoms with Crippen LogP contribution in [0, 0.1) is 0 Å². The number of rotatable bonds is 4. The maximum Gasteiger partial charge on any atom is 0.231 e. The molecule has 0 aromatic carbocycles. The van der Waals surface area contributed by atoms with Crippen molar-refractivity contribution in [1.82, 2.24) is 14.8 Å². The lowest BCUT2D eigenvalue weighted by Gasteiger charge is -1.99. The van der Waals surface area contributed by atoms with Crippen molar-refractivity contribution in [2.75, 3.05) is 5.32 Å². The van der Waals surface area contributed by atoms with E-state index in [1.54, 1.807) is 24.1 Å². The summed E-state index contributed by atoms with van der Waals surface area (Å²) in [4.78, 5) is 15.9. The zero-order valence-electron chi connectivity index (χ0n) is 9.18. The summed E-state index contributed by atoms with van der Waals surface area (Å²) < 4.78 is 1.63. The molecule has 0 saturated carbocycles. The smallest absolute Gasteiger partial charge is 0.231 e. The fraction of sp³-hybridized carbons (Fsp3) is 0.300. The van der Waals surface area contributed by atoms with E-state index in [4.69, 9.17) is 11.6 Å². The van der Waals surface area contributed by atoms with Crippen molar-refractivity contribution in [2.45, 2.75) is 12.3 Å². The number of hydrogen-bond donors (Lipinski definition) is 1. The zero-order valence-corrected chi connectivity index (χ0v) is 10.8. The molecule has 1 amide bonds. The van der Waals surface area contributed by atoms with Crippen LogP contribution in [-0.2, 0) is 24.1 Å². The molecule has 17 heavy (non-hydrogen) atoms. The number of aromatic nitrogens is 3. The molecule has 0 unspecified atom stereocenters. The van der Waals surface area contributed by atoms with E-state index in [2.05, 4.69) is 15.4 Å². The van der Waals surface area contributed by atoms with Gasteiger partial charge in [0.1, 0.15) is 5.01 Å². The van der Waals surface area contributed by atoms with Gasteiger partial charge in [-0.15, -0.1) is 22.9 Å². The van der Waals surface area contributed by atoms with Gasteiger partial charge in [-0.25, -0.2) is 4.98 Å². The van der Waals surface area contributed by atoms with Gasteiger partial charge in [-0.05, 0) is 0 Å². The number of carbonyl (C=O) groups excluding carboxylic acids is 1. The van der Waals surface area contributed by atoms with Gasteiger partial charge in [0, 0.05) is 18.6 Å². The highest BCUT2D eigenvalue weighted by molar-refractivity contribution is 7.09. The third kappa shape index (κ3) is 3.28. The van der Waals surface area contributed by atoms with Crippen LogP contribution in [0.3, 0.4) is 0 Å². The number of nitrogens with one attached hydrogen (secondary N) is 1. The Hall–Kier alpha value is -1.40. The number of anilines is 1. The van der Waals surface area contributed by atoms with Crippen molar-refractivity contribution < 1.29 is 4.79 Å². The van der Waals surface area contributed by atoms with Gasteiger partial charge in [0.2, 0.25) is 5.91 Å². The maximum absolute atomic E-state index is 11.7. The monoisotopic (exact) mass is 270 g/mol. The fourth-order valence-corrected chi connectivity index (χ4v) is 2.34. The molecule has 0 radical (unpaired) electrons. The van der Waals surface area contributed by atoms with Gasteiger partial charge in [-0.3, -0.25) is 9.48 Å². The van der Waals surface area contributed by atoms with E-state index < -0.39 is 0 Å². The largest absolute Gasteiger partial charge is 0.323 e. The molecule has 0 bridgehead atoms. The summed E-state index contributed by atoms with van der Waals surface area (Å²) >= 11 is 7.08. The molecular formula is C10H11ClN4OS. The molecule has 2 heterocycles. The quantitative estimate of drug-likeness (QED) is 0.862. The number of amides is 1. The number of thiazole rings is 1. The van der Waals surface area contributed by atoms with Gasteiger partial charge in [0.05, 0.1) is 29.9 Å². The number of hydrogen-bond acceptors (Lipinski definition) is 4. The van der Waals surface area contributed by atoms with Crippen molar-refractivity contribution in [1.29, 1.82) is 0 Å². The van der Waals surface area contributed by atoms with Crippen molar-refractivity contribution in [3.8, 4) is 0 Å². The first-order valence-corrected chi connectivity index (χ1v) is 6.36. The molecule has 0 fully saturated rings. The Morgan fingerprint density at radius 1 is 1.65 bits per heavy atom. The normalized spacial score (nSPS) is 10.5. The Kier molecular flexibility index (Phi) is 3.75. The second-order valence-electron chi connectivity index (χ2n) is 3.49. The first kappa shape index (κ1) is 12.1. The molecular weight excluding hydrogens is 260 g/mol. The molecule has 0 aliphatic heterocycles. The van der Waals surface area contributed by atoms with Crippen molar-refractivity contribution in [2.24, 2.45) is 7.05 Å². The molecule has 0 atom stereocenters. The molecule has 0 saturated heterocycles. The summed E-state index contributed by atoms with van der Waals surface area (Å²) in [6, 6.07) is 0. The van der Waals surface area contributed by atoms with Crippen molar-refractivity contribution in [3.63, 3.8) is 0 Å². The highest BCUT2D eigenvalue weighted by atomic mass is 35.5. The molecule has 2 aromatic heterocycles. The van der Waals surface area contributed by atoms with Crippen LogP contribution in [-0.4, -0.2) is 20.7 Å². The lowest BCUT2D eigenvalue weighted by Crippen LogP contribution is -2.13. The molecule has 0 aliphatic rings. The number of alkyl halides is 1. The molecule has 90 valence electrons. The Morgan fingerprint density at radius 2 is 2.47 bits per heavy atom. The van der Waals surface area contributed by atoms with E-state index in [0.717, 1.165) is 10.7 Å². The summed E-state index contributed by atoms with van der Waals surface area (Å²) in [6.45, 7) is 0. The van der Waals surface area contributed by atoms with Crippen LogP contribution in [0.25, 0.3) is 0 Å². The molecule has 2 rings (SSSR count). The summed E-state index contributed by atoms with van der Waals surface area (Å²) in [6.07, 6.45) is 3.60. The van der Waals surface area contributed by atoms with Crippen molar-refractivity contribution >= 4 is 34.5 Å². The van der Waals surface area contributed by atoms with Gasteiger partial charge < -0.3 is 5.32 Å². The third-order valence-corrected chi connectivity index (χ3v) is 3.21. The third-order valence-electron chi connectivity index (χ3n) is 2.04. The van der Waals surface area contributed by atoms with Crippen LogP contribution in [0.1, 0.15) is 10.7 Å². The fourth-order valence-electron chi connectivity index (χ4n) is 1.32. The van der Waals surface area contributed by atoms with E-state index >= 15 is 0 Å². The summed E-state index contributed by atoms with van der Waals surface area (Å²) in [5.41, 5.74) is 1.49. The number of nitrogens with zero attached hydrogens (tertiary/aromatic N) is 3. The van der Waals surface area contributed by atoms with Gasteiger partial charge in [0.15, 0.2) is 0 Å². The first-order valence-electron chi connectivity index (χ1n) is 4.95. The Morgan fingerprint density at radius 3 is 3.06 bits per heavy atom. The SMILES string of the molecule is Cn1cc(NC(=O)Cc2nc(CCl)cs2)cn1. The molecule has 0 spiro atoms. The van der Waals surface area contributed by atoms with E-state index in [9.17, 15) is 4.79 Å². The highest BCUT2D eigenvalue weighted by Crippen LogP contribution is 2.13. The molecule has 7 heteroatoms. The van der Waals surface area contributed by atoms with E-state index in [1.165, 1.54) is 11.3 Å². The predicted molar refractivity (Wildman–Crippen MR) is 67.2 cm³/mol. The predicted octanol–water partition coefficient (Wildman–Crippen LogP) is 1.80. The highest BCUT2D eigenvalue weighted by Gasteiger charge is 2.08. The van der Waals surface area contributed by atoms with E-state index in [1.807, 2.05) is 5.38 Å². The van der Waals surface area contributed by atoms with Crippen LogP contribution in [0.2, 0.25) is 0 Å². The lowest BCUT2D eigenvalue weighted by atomic mass is 10.4. The Labute approximate surface area is 107 Å². The van der Waals surface area contributed by atoms with Gasteiger partial charge in [-0.1, -0.05) is 0 Å². The summed E-state index contributed by atoms with van der Waals surface area (Å²) in [5.74, 6) is 0.272. The van der Waals surface area contributed by atoms with Crippen LogP contribution in [0.5, 0.6) is 0 Å². The van der Waals surface area contributed by atoms with Crippen LogP contribution >= 0.6 is 22.9 Å². The summed E-state index contributed by atoms with van der Waals surface area (Å²) in [7, 11) is 1.79. The molecule has 0 aliphatic carbocycles. The lowest BCUT2D eigenvalue weighted by molar-refractivity contribution is -0.115. The standard InChI is InChI=1S/C10H11ClN4OS/c1-15-5-8(4-12-15)13-9(16)2-10-14-7(3-11)6-17-10/h4-6H,2-3H2,1H3,(H,13,16). The zero-order chi connectivity index (χ0) is 12.3. The number of halogens is 1. The maximum atomic E-state index is 11.7. The van der Waals surface area contributed by atoms with Crippen molar-refractivity contribution in [3.05, 3.63) is 28.5 Å². The number of aryl methyl sites for hydroxylation is 1. The minimum Gasteiger partial charge on any atom is -0.323 e. The summed E-state index contributed by atoms with van der Waals surface area (Å²) in [5, 5.41) is 9.34. The minimum absolute atomic E-state index is 0.103. The van der Waals surface area contributed by atoms with Crippen LogP contribution in [0.4, 0.5) is 5.69 Å². The first-order chi connectivity index (χ1) is 8.17. The van der Waals surface area contributed by atoms with Gasteiger partial charge >= 0.3 is 0 Å². The van der Waals surface area contributed by atoms with Crippen LogP contribution < -0.4 is 5.32 Å². The second-order valence-corrected chi connectivity index (χ2v) is 4.70. The Bertz CT molecular complexity index is 522. The van der Waals surface area contributed by atoms with Gasteiger partial charge in [0.25, 0.3) is 0 Å². The molecule has 5 nitrogen and oxygen atoms in total. The van der Waals surface area contributed by atoms with E-state index in [0.29, 0.717) is 11.6 Å². The molecule has 2 aromatic rings. The van der Waals surface area contributed by atoms with Crippen LogP contribution in [0.15, 0.2) is 17.8 Å². The average molecular weight is 271 g/mol. The topological polar surface area (TPSA) is 59.8 Å². The number of carbonyl (C=O) groups is 1. The minimum atomic E-state index is -0.103. The van der Waals surface area contributed by atoms with Gasteiger partial charge in [-0.2, -0.15) is 5.10 Å². The Balaban J connectivity index is 1.93.